The minimum Gasteiger partial charge on any atom is -0.489 e. The molecule has 214 valence electrons. The number of para-hydroxylation sites is 1. The van der Waals surface area contributed by atoms with Crippen LogP contribution in [0.15, 0.2) is 109 Å². The van der Waals surface area contributed by atoms with Crippen molar-refractivity contribution in [1.29, 1.82) is 0 Å². The Hall–Kier alpha value is -5.30. The summed E-state index contributed by atoms with van der Waals surface area (Å²) in [6, 6.07) is 33.9. The quantitative estimate of drug-likeness (QED) is 0.197. The van der Waals surface area contributed by atoms with Crippen molar-refractivity contribution in [3.05, 3.63) is 131 Å². The fourth-order valence-corrected chi connectivity index (χ4v) is 5.58. The van der Waals surface area contributed by atoms with Crippen LogP contribution >= 0.6 is 0 Å². The predicted octanol–water partition coefficient (Wildman–Crippen LogP) is 6.39. The summed E-state index contributed by atoms with van der Waals surface area (Å²) in [4.78, 5) is 45.7. The fraction of sp³-hybridized carbons (Fsp3) is 0.167. The van der Waals surface area contributed by atoms with Gasteiger partial charge in [0.05, 0.1) is 35.7 Å². The second kappa shape index (κ2) is 12.3. The number of pyridine rings is 1. The molecule has 6 rings (SSSR count). The molecule has 0 bridgehead atoms. The predicted molar refractivity (Wildman–Crippen MR) is 166 cm³/mol. The SMILES string of the molecule is CC[C@H](NC(=O)Cc1c(OCCN2C(=O)c3ccccc3C2=O)c(-c2ccccc2)nc2ccccc12)c1ccccc1. The molecule has 1 atom stereocenters. The number of fused-ring (bicyclic) bond motifs is 2. The Bertz CT molecular complexity index is 1770. The molecule has 5 aromatic rings. The first-order valence-electron chi connectivity index (χ1n) is 14.4. The molecule has 0 spiro atoms. The van der Waals surface area contributed by atoms with Gasteiger partial charge < -0.3 is 10.1 Å². The van der Waals surface area contributed by atoms with Crippen LogP contribution in [0.25, 0.3) is 22.2 Å². The van der Waals surface area contributed by atoms with E-state index >= 15 is 0 Å². The standard InChI is InChI=1S/C36H31N3O4/c1-2-30(24-13-5-3-6-14-24)37-32(40)23-29-26-17-11-12-20-31(26)38-33(25-15-7-4-8-16-25)34(29)43-22-21-39-35(41)27-18-9-10-19-28(27)36(39)42/h3-20,30H,2,21-23H2,1H3,(H,37,40)/t30-/m0/s1. The number of nitrogens with one attached hydrogen (secondary N) is 1. The average Bonchev–Trinajstić information content (AvgIpc) is 3.30. The minimum atomic E-state index is -0.338. The Balaban J connectivity index is 1.34. The van der Waals surface area contributed by atoms with Gasteiger partial charge >= 0.3 is 0 Å². The van der Waals surface area contributed by atoms with Crippen LogP contribution in [0.3, 0.4) is 0 Å². The van der Waals surface area contributed by atoms with E-state index in [1.165, 1.54) is 4.90 Å². The van der Waals surface area contributed by atoms with E-state index in [0.717, 1.165) is 28.5 Å². The van der Waals surface area contributed by atoms with E-state index in [9.17, 15) is 14.4 Å². The van der Waals surface area contributed by atoms with Gasteiger partial charge in [-0.2, -0.15) is 0 Å². The summed E-state index contributed by atoms with van der Waals surface area (Å²) in [6.45, 7) is 2.15. The van der Waals surface area contributed by atoms with Crippen LogP contribution in [0, 0.1) is 0 Å². The highest BCUT2D eigenvalue weighted by atomic mass is 16.5. The first-order valence-corrected chi connectivity index (χ1v) is 14.4. The maximum absolute atomic E-state index is 13.6. The number of aromatic nitrogens is 1. The van der Waals surface area contributed by atoms with Gasteiger partial charge in [0, 0.05) is 16.5 Å². The topological polar surface area (TPSA) is 88.6 Å². The molecule has 0 aliphatic carbocycles. The molecule has 0 unspecified atom stereocenters. The third kappa shape index (κ3) is 5.62. The highest BCUT2D eigenvalue weighted by Crippen LogP contribution is 2.37. The normalized spacial score (nSPS) is 13.2. The Labute approximate surface area is 250 Å². The zero-order valence-electron chi connectivity index (χ0n) is 23.8. The van der Waals surface area contributed by atoms with Crippen LogP contribution in [0.1, 0.15) is 51.2 Å². The number of hydrogen-bond donors (Lipinski definition) is 1. The van der Waals surface area contributed by atoms with Crippen molar-refractivity contribution in [2.45, 2.75) is 25.8 Å². The molecule has 0 radical (unpaired) electrons. The smallest absolute Gasteiger partial charge is 0.261 e. The Morgan fingerprint density at radius 3 is 2.09 bits per heavy atom. The zero-order chi connectivity index (χ0) is 29.8. The van der Waals surface area contributed by atoms with Gasteiger partial charge in [-0.3, -0.25) is 19.3 Å². The number of hydrogen-bond acceptors (Lipinski definition) is 5. The first kappa shape index (κ1) is 27.8. The maximum Gasteiger partial charge on any atom is 0.261 e. The van der Waals surface area contributed by atoms with Gasteiger partial charge in [0.25, 0.3) is 11.8 Å². The minimum absolute atomic E-state index is 0.0432. The molecule has 1 aromatic heterocycles. The van der Waals surface area contributed by atoms with E-state index in [2.05, 4.69) is 5.32 Å². The number of amides is 3. The van der Waals surface area contributed by atoms with Gasteiger partial charge in [0.2, 0.25) is 5.91 Å². The Kier molecular flexibility index (Phi) is 7.96. The maximum atomic E-state index is 13.6. The van der Waals surface area contributed by atoms with E-state index in [0.29, 0.717) is 28.1 Å². The van der Waals surface area contributed by atoms with Crippen LogP contribution in [0.5, 0.6) is 5.75 Å². The Morgan fingerprint density at radius 1 is 0.814 bits per heavy atom. The summed E-state index contributed by atoms with van der Waals surface area (Å²) in [5, 5.41) is 4.00. The van der Waals surface area contributed by atoms with E-state index < -0.39 is 0 Å². The number of benzene rings is 4. The van der Waals surface area contributed by atoms with Crippen LogP contribution < -0.4 is 10.1 Å². The van der Waals surface area contributed by atoms with E-state index in [1.54, 1.807) is 24.3 Å². The lowest BCUT2D eigenvalue weighted by Crippen LogP contribution is -2.34. The molecule has 1 aliphatic rings. The van der Waals surface area contributed by atoms with Crippen LogP contribution in [0.2, 0.25) is 0 Å². The molecule has 0 fully saturated rings. The molecule has 0 saturated heterocycles. The molecular formula is C36H31N3O4. The zero-order valence-corrected chi connectivity index (χ0v) is 23.8. The molecule has 0 saturated carbocycles. The van der Waals surface area contributed by atoms with Crippen molar-refractivity contribution in [2.24, 2.45) is 0 Å². The van der Waals surface area contributed by atoms with Crippen molar-refractivity contribution in [1.82, 2.24) is 15.2 Å². The first-order chi connectivity index (χ1) is 21.0. The molecule has 7 heteroatoms. The molecular weight excluding hydrogens is 538 g/mol. The van der Waals surface area contributed by atoms with Gasteiger partial charge in [-0.1, -0.05) is 97.9 Å². The van der Waals surface area contributed by atoms with Crippen molar-refractivity contribution < 1.29 is 19.1 Å². The van der Waals surface area contributed by atoms with Crippen molar-refractivity contribution in [3.8, 4) is 17.0 Å². The highest BCUT2D eigenvalue weighted by molar-refractivity contribution is 6.21. The highest BCUT2D eigenvalue weighted by Gasteiger charge is 2.35. The van der Waals surface area contributed by atoms with Gasteiger partial charge in [-0.25, -0.2) is 4.98 Å². The Morgan fingerprint density at radius 2 is 1.42 bits per heavy atom. The van der Waals surface area contributed by atoms with Crippen LogP contribution in [-0.4, -0.2) is 40.8 Å². The number of ether oxygens (including phenoxy) is 1. The third-order valence-electron chi connectivity index (χ3n) is 7.72. The summed E-state index contributed by atoms with van der Waals surface area (Å²) in [5.74, 6) is -0.355. The van der Waals surface area contributed by atoms with E-state index in [4.69, 9.17) is 9.72 Å². The third-order valence-corrected chi connectivity index (χ3v) is 7.72. The second-order valence-electron chi connectivity index (χ2n) is 10.4. The number of carbonyl (C=O) groups excluding carboxylic acids is 3. The molecule has 43 heavy (non-hydrogen) atoms. The molecule has 4 aromatic carbocycles. The van der Waals surface area contributed by atoms with Crippen LogP contribution in [-0.2, 0) is 11.2 Å². The second-order valence-corrected chi connectivity index (χ2v) is 10.4. The summed E-state index contributed by atoms with van der Waals surface area (Å²) >= 11 is 0. The van der Waals surface area contributed by atoms with Gasteiger partial charge in [0.1, 0.15) is 18.1 Å². The van der Waals surface area contributed by atoms with Gasteiger partial charge in [-0.05, 0) is 30.2 Å². The lowest BCUT2D eigenvalue weighted by Gasteiger charge is -2.21. The molecule has 3 amide bonds. The van der Waals surface area contributed by atoms with Crippen molar-refractivity contribution >= 4 is 28.6 Å². The van der Waals surface area contributed by atoms with Gasteiger partial charge in [-0.15, -0.1) is 0 Å². The molecule has 2 heterocycles. The van der Waals surface area contributed by atoms with E-state index in [1.807, 2.05) is 91.9 Å². The van der Waals surface area contributed by atoms with E-state index in [-0.39, 0.29) is 43.3 Å². The van der Waals surface area contributed by atoms with Crippen molar-refractivity contribution in [3.63, 3.8) is 0 Å². The fourth-order valence-electron chi connectivity index (χ4n) is 5.58. The number of nitrogens with zero attached hydrogens (tertiary/aromatic N) is 2. The monoisotopic (exact) mass is 569 g/mol. The molecule has 7 nitrogen and oxygen atoms in total. The molecule has 1 N–H and O–H groups in total. The van der Waals surface area contributed by atoms with Gasteiger partial charge in [0.15, 0.2) is 0 Å². The number of carbonyl (C=O) groups is 3. The number of imide groups is 1. The van der Waals surface area contributed by atoms with Crippen LogP contribution in [0.4, 0.5) is 0 Å². The lowest BCUT2D eigenvalue weighted by molar-refractivity contribution is -0.121. The average molecular weight is 570 g/mol. The summed E-state index contributed by atoms with van der Waals surface area (Å²) in [7, 11) is 0. The summed E-state index contributed by atoms with van der Waals surface area (Å²) in [5.41, 5.74) is 4.71. The lowest BCUT2D eigenvalue weighted by atomic mass is 9.99. The summed E-state index contributed by atoms with van der Waals surface area (Å²) in [6.07, 6.45) is 0.806. The summed E-state index contributed by atoms with van der Waals surface area (Å²) < 4.78 is 6.42. The largest absolute Gasteiger partial charge is 0.489 e. The molecule has 1 aliphatic heterocycles. The number of rotatable bonds is 10. The van der Waals surface area contributed by atoms with Crippen molar-refractivity contribution in [2.75, 3.05) is 13.2 Å².